The average Bonchev–Trinajstić information content (AvgIpc) is 2.70. The molecule has 0 aliphatic rings. The third-order valence-corrected chi connectivity index (χ3v) is 3.72. The second-order valence-electron chi connectivity index (χ2n) is 6.14. The van der Waals surface area contributed by atoms with Gasteiger partial charge in [-0.05, 0) is 51.0 Å². The van der Waals surface area contributed by atoms with Gasteiger partial charge in [-0.3, -0.25) is 4.57 Å². The smallest absolute Gasteiger partial charge is 0.201 e. The van der Waals surface area contributed by atoms with E-state index >= 15 is 0 Å². The third-order valence-electron chi connectivity index (χ3n) is 3.72. The predicted octanol–water partition coefficient (Wildman–Crippen LogP) is 3.90. The number of nitrogens with zero attached hydrogens (tertiary/aromatic N) is 1. The number of rotatable bonds is 6. The van der Waals surface area contributed by atoms with E-state index in [9.17, 15) is 10.2 Å². The van der Waals surface area contributed by atoms with Gasteiger partial charge in [-0.15, -0.1) is 0 Å². The van der Waals surface area contributed by atoms with E-state index in [-0.39, 0.29) is 18.1 Å². The third kappa shape index (κ3) is 3.79. The van der Waals surface area contributed by atoms with E-state index in [1.807, 2.05) is 6.92 Å². The van der Waals surface area contributed by atoms with Gasteiger partial charge in [0.1, 0.15) is 5.75 Å². The molecule has 0 amide bonds. The Balaban J connectivity index is 2.13. The maximum absolute atomic E-state index is 10.1. The van der Waals surface area contributed by atoms with Gasteiger partial charge in [-0.1, -0.05) is 13.8 Å². The maximum Gasteiger partial charge on any atom is 0.201 e. The summed E-state index contributed by atoms with van der Waals surface area (Å²) >= 11 is 0. The summed E-state index contributed by atoms with van der Waals surface area (Å²) in [6.45, 7) is 10.2. The lowest BCUT2D eigenvalue weighted by molar-refractivity contribution is -0.0755. The molecule has 23 heavy (non-hydrogen) atoms. The minimum absolute atomic E-state index is 0.0438. The first-order valence-electron chi connectivity index (χ1n) is 7.79. The van der Waals surface area contributed by atoms with Crippen molar-refractivity contribution < 1.29 is 19.7 Å². The molecule has 0 aliphatic heterocycles. The van der Waals surface area contributed by atoms with E-state index in [4.69, 9.17) is 9.47 Å². The molecule has 0 fully saturated rings. The summed E-state index contributed by atoms with van der Waals surface area (Å²) in [6.07, 6.45) is -0.332. The van der Waals surface area contributed by atoms with E-state index in [0.717, 1.165) is 0 Å². The van der Waals surface area contributed by atoms with Crippen molar-refractivity contribution in [3.8, 4) is 23.2 Å². The molecule has 1 heterocycles. The molecule has 5 heteroatoms. The van der Waals surface area contributed by atoms with Crippen LogP contribution >= 0.6 is 0 Å². The van der Waals surface area contributed by atoms with Crippen molar-refractivity contribution in [2.45, 2.75) is 40.9 Å². The first-order valence-corrected chi connectivity index (χ1v) is 7.79. The lowest BCUT2D eigenvalue weighted by Crippen LogP contribution is -2.18. The van der Waals surface area contributed by atoms with Crippen molar-refractivity contribution in [1.29, 1.82) is 0 Å². The number of benzene rings is 1. The Labute approximate surface area is 137 Å². The fraction of sp³-hybridized carbons (Fsp3) is 0.444. The number of ether oxygens (including phenoxy) is 2. The van der Waals surface area contributed by atoms with Crippen molar-refractivity contribution in [1.82, 2.24) is 4.57 Å². The molecule has 0 bridgehead atoms. The standard InChI is InChI=1S/C18H25NO4/c1-11(2)10-22-14(5)23-16-8-6-15(7-9-16)19-17(20)12(3)13(4)18(19)21/h6-9,11,14,20-21H,10H2,1-5H3. The summed E-state index contributed by atoms with van der Waals surface area (Å²) in [6, 6.07) is 7.13. The summed E-state index contributed by atoms with van der Waals surface area (Å²) in [5.41, 5.74) is 2.00. The van der Waals surface area contributed by atoms with Gasteiger partial charge in [0.05, 0.1) is 12.3 Å². The molecule has 0 radical (unpaired) electrons. The van der Waals surface area contributed by atoms with Gasteiger partial charge < -0.3 is 19.7 Å². The Morgan fingerprint density at radius 3 is 1.96 bits per heavy atom. The second-order valence-corrected chi connectivity index (χ2v) is 6.14. The van der Waals surface area contributed by atoms with E-state index in [1.54, 1.807) is 38.1 Å². The van der Waals surface area contributed by atoms with Gasteiger partial charge >= 0.3 is 0 Å². The maximum atomic E-state index is 10.1. The average molecular weight is 319 g/mol. The highest BCUT2D eigenvalue weighted by Crippen LogP contribution is 2.35. The summed E-state index contributed by atoms with van der Waals surface area (Å²) in [4.78, 5) is 0. The van der Waals surface area contributed by atoms with Gasteiger partial charge in [0.25, 0.3) is 0 Å². The molecule has 1 atom stereocenters. The zero-order valence-electron chi connectivity index (χ0n) is 14.3. The Hall–Kier alpha value is -2.14. The lowest BCUT2D eigenvalue weighted by atomic mass is 10.2. The second kappa shape index (κ2) is 6.96. The highest BCUT2D eigenvalue weighted by Gasteiger charge is 2.17. The highest BCUT2D eigenvalue weighted by molar-refractivity contribution is 5.52. The molecular formula is C18H25NO4. The Morgan fingerprint density at radius 2 is 1.48 bits per heavy atom. The molecule has 0 saturated heterocycles. The number of hydrogen-bond donors (Lipinski definition) is 2. The van der Waals surface area contributed by atoms with Crippen LogP contribution in [0.15, 0.2) is 24.3 Å². The van der Waals surface area contributed by atoms with E-state index in [1.165, 1.54) is 4.57 Å². The lowest BCUT2D eigenvalue weighted by Gasteiger charge is -2.17. The molecule has 1 aromatic heterocycles. The van der Waals surface area contributed by atoms with Crippen LogP contribution in [0.1, 0.15) is 31.9 Å². The molecule has 0 aliphatic carbocycles. The Bertz CT molecular complexity index is 633. The Kier molecular flexibility index (Phi) is 5.21. The van der Waals surface area contributed by atoms with Crippen LogP contribution in [0.3, 0.4) is 0 Å². The summed E-state index contributed by atoms with van der Waals surface area (Å²) in [5, 5.41) is 20.3. The Morgan fingerprint density at radius 1 is 0.957 bits per heavy atom. The summed E-state index contributed by atoms with van der Waals surface area (Å²) < 4.78 is 12.7. The molecule has 5 nitrogen and oxygen atoms in total. The normalized spacial score (nSPS) is 12.6. The van der Waals surface area contributed by atoms with Crippen LogP contribution in [0.25, 0.3) is 5.69 Å². The SMILES string of the molecule is Cc1c(C)c(O)n(-c2ccc(OC(C)OCC(C)C)cc2)c1O. The molecule has 2 aromatic rings. The summed E-state index contributed by atoms with van der Waals surface area (Å²) in [5.74, 6) is 1.21. The van der Waals surface area contributed by atoms with Crippen molar-refractivity contribution in [2.75, 3.05) is 6.61 Å². The van der Waals surface area contributed by atoms with E-state index < -0.39 is 0 Å². The molecule has 0 spiro atoms. The number of aromatic nitrogens is 1. The van der Waals surface area contributed by atoms with Crippen molar-refractivity contribution >= 4 is 0 Å². The van der Waals surface area contributed by atoms with Crippen LogP contribution in [0.5, 0.6) is 17.5 Å². The molecule has 126 valence electrons. The molecule has 2 rings (SSSR count). The highest BCUT2D eigenvalue weighted by atomic mass is 16.7. The molecule has 1 aromatic carbocycles. The molecule has 2 N–H and O–H groups in total. The quantitative estimate of drug-likeness (QED) is 0.793. The van der Waals surface area contributed by atoms with Gasteiger partial charge in [0.2, 0.25) is 11.8 Å². The zero-order chi connectivity index (χ0) is 17.1. The van der Waals surface area contributed by atoms with Crippen LogP contribution in [0.4, 0.5) is 0 Å². The minimum Gasteiger partial charge on any atom is -0.494 e. The monoisotopic (exact) mass is 319 g/mol. The fourth-order valence-corrected chi connectivity index (χ4v) is 2.24. The van der Waals surface area contributed by atoms with E-state index in [0.29, 0.717) is 35.1 Å². The first kappa shape index (κ1) is 17.2. The molecule has 0 saturated carbocycles. The van der Waals surface area contributed by atoms with Crippen molar-refractivity contribution in [2.24, 2.45) is 5.92 Å². The van der Waals surface area contributed by atoms with Crippen molar-refractivity contribution in [3.05, 3.63) is 35.4 Å². The van der Waals surface area contributed by atoms with E-state index in [2.05, 4.69) is 13.8 Å². The minimum atomic E-state index is -0.332. The van der Waals surface area contributed by atoms with Gasteiger partial charge in [-0.2, -0.15) is 0 Å². The number of aromatic hydroxyl groups is 2. The van der Waals surface area contributed by atoms with Gasteiger partial charge in [0.15, 0.2) is 6.29 Å². The van der Waals surface area contributed by atoms with Crippen LogP contribution in [0.2, 0.25) is 0 Å². The van der Waals surface area contributed by atoms with Gasteiger partial charge in [-0.25, -0.2) is 0 Å². The van der Waals surface area contributed by atoms with Crippen LogP contribution < -0.4 is 4.74 Å². The summed E-state index contributed by atoms with van der Waals surface area (Å²) in [7, 11) is 0. The molecular weight excluding hydrogens is 294 g/mol. The van der Waals surface area contributed by atoms with Gasteiger partial charge in [0, 0.05) is 11.1 Å². The van der Waals surface area contributed by atoms with Crippen LogP contribution in [-0.4, -0.2) is 27.7 Å². The first-order chi connectivity index (χ1) is 10.8. The topological polar surface area (TPSA) is 63.9 Å². The fourth-order valence-electron chi connectivity index (χ4n) is 2.24. The zero-order valence-corrected chi connectivity index (χ0v) is 14.3. The number of hydrogen-bond acceptors (Lipinski definition) is 4. The van der Waals surface area contributed by atoms with Crippen LogP contribution in [0, 0.1) is 19.8 Å². The molecule has 1 unspecified atom stereocenters. The van der Waals surface area contributed by atoms with Crippen LogP contribution in [-0.2, 0) is 4.74 Å². The predicted molar refractivity (Wildman–Crippen MR) is 89.5 cm³/mol. The largest absolute Gasteiger partial charge is 0.494 e. The van der Waals surface area contributed by atoms with Crippen molar-refractivity contribution in [3.63, 3.8) is 0 Å².